The molecule has 1 aromatic rings. The van der Waals surface area contributed by atoms with Gasteiger partial charge in [0, 0.05) is 6.07 Å². The molecule has 3 nitrogen and oxygen atoms in total. The van der Waals surface area contributed by atoms with Crippen LogP contribution in [0.25, 0.3) is 0 Å². The van der Waals surface area contributed by atoms with Crippen LogP contribution in [0.15, 0.2) is 10.6 Å². The van der Waals surface area contributed by atoms with Gasteiger partial charge < -0.3 is 9.63 Å². The molecule has 0 aliphatic carbocycles. The Morgan fingerprint density at radius 1 is 1.67 bits per heavy atom. The third kappa shape index (κ3) is 2.34. The van der Waals surface area contributed by atoms with Crippen molar-refractivity contribution in [2.24, 2.45) is 0 Å². The number of hydrogen-bond donors (Lipinski definition) is 1. The fourth-order valence-electron chi connectivity index (χ4n) is 1.08. The number of aryl methyl sites for hydroxylation is 1. The monoisotopic (exact) mass is 169 g/mol. The second-order valence-electron chi connectivity index (χ2n) is 3.03. The summed E-state index contributed by atoms with van der Waals surface area (Å²) in [5.74, 6) is 0.584. The van der Waals surface area contributed by atoms with Gasteiger partial charge in [0.05, 0.1) is 5.69 Å². The Kier molecular flexibility index (Phi) is 3.29. The lowest BCUT2D eigenvalue weighted by Crippen LogP contribution is -1.94. The molecule has 0 fully saturated rings. The number of aliphatic hydroxyl groups excluding tert-OH is 1. The Labute approximate surface area is 72.4 Å². The summed E-state index contributed by atoms with van der Waals surface area (Å²) in [7, 11) is 0. The normalized spacial score (nSPS) is 13.2. The fourth-order valence-corrected chi connectivity index (χ4v) is 1.08. The zero-order chi connectivity index (χ0) is 8.97. The smallest absolute Gasteiger partial charge is 0.165 e. The minimum absolute atomic E-state index is 0.480. The highest BCUT2D eigenvalue weighted by Crippen LogP contribution is 2.19. The lowest BCUT2D eigenvalue weighted by molar-refractivity contribution is 0.128. The van der Waals surface area contributed by atoms with Gasteiger partial charge in [-0.25, -0.2) is 0 Å². The zero-order valence-corrected chi connectivity index (χ0v) is 7.58. The molecule has 1 aromatic heterocycles. The molecule has 3 heteroatoms. The predicted octanol–water partition coefficient (Wildman–Crippen LogP) is 2.21. The average Bonchev–Trinajstić information content (AvgIpc) is 2.47. The second kappa shape index (κ2) is 4.26. The molecule has 0 aliphatic rings. The molecule has 0 saturated heterocycles. The average molecular weight is 169 g/mol. The molecule has 0 spiro atoms. The molecule has 1 atom stereocenters. The van der Waals surface area contributed by atoms with E-state index in [2.05, 4.69) is 12.1 Å². The van der Waals surface area contributed by atoms with Gasteiger partial charge in [-0.05, 0) is 13.3 Å². The first-order chi connectivity index (χ1) is 5.74. The standard InChI is InChI=1S/C9H15NO2/c1-3-4-5-8(11)9-6-7(2)10-12-9/h6,8,11H,3-5H2,1-2H3. The number of hydrogen-bond acceptors (Lipinski definition) is 3. The third-order valence-electron chi connectivity index (χ3n) is 1.81. The molecule has 0 bridgehead atoms. The predicted molar refractivity (Wildman–Crippen MR) is 45.7 cm³/mol. The quantitative estimate of drug-likeness (QED) is 0.751. The molecular weight excluding hydrogens is 154 g/mol. The molecule has 1 unspecified atom stereocenters. The molecule has 0 aromatic carbocycles. The van der Waals surface area contributed by atoms with Crippen molar-refractivity contribution in [2.45, 2.75) is 39.2 Å². The van der Waals surface area contributed by atoms with E-state index in [0.717, 1.165) is 25.0 Å². The summed E-state index contributed by atoms with van der Waals surface area (Å²) in [4.78, 5) is 0. The highest BCUT2D eigenvalue weighted by molar-refractivity contribution is 5.05. The molecule has 0 saturated carbocycles. The fraction of sp³-hybridized carbons (Fsp3) is 0.667. The lowest BCUT2D eigenvalue weighted by atomic mass is 10.1. The number of unbranched alkanes of at least 4 members (excludes halogenated alkanes) is 1. The summed E-state index contributed by atoms with van der Waals surface area (Å²) in [6.07, 6.45) is 2.38. The maximum Gasteiger partial charge on any atom is 0.165 e. The topological polar surface area (TPSA) is 46.3 Å². The van der Waals surface area contributed by atoms with Gasteiger partial charge in [0.25, 0.3) is 0 Å². The Morgan fingerprint density at radius 3 is 2.92 bits per heavy atom. The van der Waals surface area contributed by atoms with E-state index in [-0.39, 0.29) is 0 Å². The van der Waals surface area contributed by atoms with Gasteiger partial charge in [-0.3, -0.25) is 0 Å². The summed E-state index contributed by atoms with van der Waals surface area (Å²) in [6, 6.07) is 1.78. The first-order valence-corrected chi connectivity index (χ1v) is 4.35. The Morgan fingerprint density at radius 2 is 2.42 bits per heavy atom. The summed E-state index contributed by atoms with van der Waals surface area (Å²) < 4.78 is 4.92. The molecule has 0 radical (unpaired) electrons. The SMILES string of the molecule is CCCCC(O)c1cc(C)no1. The van der Waals surface area contributed by atoms with Crippen LogP contribution in [0.3, 0.4) is 0 Å². The van der Waals surface area contributed by atoms with Gasteiger partial charge in [0.1, 0.15) is 6.10 Å². The van der Waals surface area contributed by atoms with Crippen LogP contribution in [0.2, 0.25) is 0 Å². The van der Waals surface area contributed by atoms with Crippen molar-refractivity contribution in [1.29, 1.82) is 0 Å². The van der Waals surface area contributed by atoms with E-state index >= 15 is 0 Å². The van der Waals surface area contributed by atoms with Gasteiger partial charge in [0.15, 0.2) is 5.76 Å². The van der Waals surface area contributed by atoms with Crippen LogP contribution >= 0.6 is 0 Å². The first kappa shape index (κ1) is 9.26. The lowest BCUT2D eigenvalue weighted by Gasteiger charge is -2.03. The summed E-state index contributed by atoms with van der Waals surface area (Å²) in [5.41, 5.74) is 0.820. The molecule has 1 rings (SSSR count). The second-order valence-corrected chi connectivity index (χ2v) is 3.03. The van der Waals surface area contributed by atoms with Gasteiger partial charge in [0.2, 0.25) is 0 Å². The minimum Gasteiger partial charge on any atom is -0.385 e. The largest absolute Gasteiger partial charge is 0.385 e. The van der Waals surface area contributed by atoms with E-state index in [1.807, 2.05) is 6.92 Å². The van der Waals surface area contributed by atoms with Crippen molar-refractivity contribution < 1.29 is 9.63 Å². The highest BCUT2D eigenvalue weighted by atomic mass is 16.5. The minimum atomic E-state index is -0.480. The molecule has 0 amide bonds. The summed E-state index contributed by atoms with van der Waals surface area (Å²) >= 11 is 0. The number of aromatic nitrogens is 1. The maximum atomic E-state index is 9.53. The van der Waals surface area contributed by atoms with Crippen LogP contribution in [0.4, 0.5) is 0 Å². The number of aliphatic hydroxyl groups is 1. The zero-order valence-electron chi connectivity index (χ0n) is 7.58. The molecule has 1 heterocycles. The van der Waals surface area contributed by atoms with Gasteiger partial charge in [-0.2, -0.15) is 0 Å². The van der Waals surface area contributed by atoms with E-state index < -0.39 is 6.10 Å². The Hall–Kier alpha value is -0.830. The summed E-state index contributed by atoms with van der Waals surface area (Å²) in [6.45, 7) is 3.94. The van der Waals surface area contributed by atoms with Crippen molar-refractivity contribution >= 4 is 0 Å². The maximum absolute atomic E-state index is 9.53. The van der Waals surface area contributed by atoms with Gasteiger partial charge >= 0.3 is 0 Å². The highest BCUT2D eigenvalue weighted by Gasteiger charge is 2.11. The van der Waals surface area contributed by atoms with Crippen LogP contribution < -0.4 is 0 Å². The van der Waals surface area contributed by atoms with Crippen LogP contribution in [0.5, 0.6) is 0 Å². The van der Waals surface area contributed by atoms with Crippen molar-refractivity contribution in [3.63, 3.8) is 0 Å². The van der Waals surface area contributed by atoms with E-state index in [0.29, 0.717) is 5.76 Å². The van der Waals surface area contributed by atoms with Gasteiger partial charge in [-0.1, -0.05) is 24.9 Å². The Bertz CT molecular complexity index is 232. The third-order valence-corrected chi connectivity index (χ3v) is 1.81. The number of nitrogens with zero attached hydrogens (tertiary/aromatic N) is 1. The van der Waals surface area contributed by atoms with Crippen molar-refractivity contribution in [1.82, 2.24) is 5.16 Å². The van der Waals surface area contributed by atoms with Gasteiger partial charge in [-0.15, -0.1) is 0 Å². The molecule has 1 N–H and O–H groups in total. The molecular formula is C9H15NO2. The Balaban J connectivity index is 2.47. The van der Waals surface area contributed by atoms with Crippen molar-refractivity contribution in [2.75, 3.05) is 0 Å². The van der Waals surface area contributed by atoms with Crippen molar-refractivity contribution in [3.05, 3.63) is 17.5 Å². The van der Waals surface area contributed by atoms with Crippen LogP contribution in [0.1, 0.15) is 43.7 Å². The van der Waals surface area contributed by atoms with E-state index in [4.69, 9.17) is 4.52 Å². The molecule has 12 heavy (non-hydrogen) atoms. The first-order valence-electron chi connectivity index (χ1n) is 4.35. The number of rotatable bonds is 4. The van der Waals surface area contributed by atoms with E-state index in [1.165, 1.54) is 0 Å². The molecule has 68 valence electrons. The van der Waals surface area contributed by atoms with Crippen LogP contribution in [-0.2, 0) is 0 Å². The van der Waals surface area contributed by atoms with Crippen molar-refractivity contribution in [3.8, 4) is 0 Å². The van der Waals surface area contributed by atoms with Crippen LogP contribution in [-0.4, -0.2) is 10.3 Å². The van der Waals surface area contributed by atoms with Crippen LogP contribution in [0, 0.1) is 6.92 Å². The van der Waals surface area contributed by atoms with E-state index in [9.17, 15) is 5.11 Å². The molecule has 0 aliphatic heterocycles. The van der Waals surface area contributed by atoms with E-state index in [1.54, 1.807) is 6.07 Å². The summed E-state index contributed by atoms with van der Waals surface area (Å²) in [5, 5.41) is 13.2.